The summed E-state index contributed by atoms with van der Waals surface area (Å²) in [6.07, 6.45) is -4.80. The molecule has 0 aliphatic carbocycles. The van der Waals surface area contributed by atoms with Gasteiger partial charge in [0.1, 0.15) is 23.0 Å². The van der Waals surface area contributed by atoms with E-state index in [1.54, 1.807) is 24.3 Å². The van der Waals surface area contributed by atoms with Crippen molar-refractivity contribution in [1.29, 1.82) is 0 Å². The van der Waals surface area contributed by atoms with Gasteiger partial charge in [-0.15, -0.1) is 0 Å². The highest BCUT2D eigenvalue weighted by Crippen LogP contribution is 2.34. The molecular weight excluding hydrogens is 357 g/mol. The standard InChI is InChI=1S/C20H19F3N2O2/c1-13-5-3-4-6-18(13)27-17-9-7-15(8-10-17)25-16(11-14(2)26)12-19(24-25)20(21,22)23/h3-10,16H,11-12H2,1-2H3. The number of hydrogen-bond donors (Lipinski definition) is 0. The fourth-order valence-electron chi connectivity index (χ4n) is 2.96. The molecule has 1 atom stereocenters. The molecule has 2 aromatic rings. The van der Waals surface area contributed by atoms with Crippen LogP contribution in [0.1, 0.15) is 25.3 Å². The minimum Gasteiger partial charge on any atom is -0.457 e. The number of carbonyl (C=O) groups is 1. The van der Waals surface area contributed by atoms with Gasteiger partial charge < -0.3 is 4.74 Å². The quantitative estimate of drug-likeness (QED) is 0.714. The Hall–Kier alpha value is -2.83. The minimum absolute atomic E-state index is 0.00451. The van der Waals surface area contributed by atoms with Crippen LogP contribution in [0.2, 0.25) is 0 Å². The van der Waals surface area contributed by atoms with Crippen LogP contribution in [0.4, 0.5) is 18.9 Å². The van der Waals surface area contributed by atoms with Crippen molar-refractivity contribution in [2.24, 2.45) is 5.10 Å². The van der Waals surface area contributed by atoms with Crippen LogP contribution >= 0.6 is 0 Å². The van der Waals surface area contributed by atoms with Crippen molar-refractivity contribution in [2.45, 2.75) is 38.9 Å². The number of alkyl halides is 3. The van der Waals surface area contributed by atoms with Gasteiger partial charge in [0.25, 0.3) is 0 Å². The molecule has 0 fully saturated rings. The van der Waals surface area contributed by atoms with Crippen molar-refractivity contribution in [1.82, 2.24) is 0 Å². The summed E-state index contributed by atoms with van der Waals surface area (Å²) in [5.41, 5.74) is 0.591. The van der Waals surface area contributed by atoms with E-state index >= 15 is 0 Å². The van der Waals surface area contributed by atoms with Gasteiger partial charge in [-0.3, -0.25) is 9.80 Å². The molecule has 0 N–H and O–H groups in total. The first kappa shape index (κ1) is 18.9. The van der Waals surface area contributed by atoms with Gasteiger partial charge in [-0.1, -0.05) is 18.2 Å². The molecule has 142 valence electrons. The molecule has 7 heteroatoms. The molecule has 4 nitrogen and oxygen atoms in total. The number of rotatable bonds is 5. The number of ketones is 1. The molecule has 0 radical (unpaired) electrons. The summed E-state index contributed by atoms with van der Waals surface area (Å²) in [7, 11) is 0. The first-order chi connectivity index (χ1) is 12.7. The molecule has 0 spiro atoms. The van der Waals surface area contributed by atoms with Crippen LogP contribution in [0.25, 0.3) is 0 Å². The van der Waals surface area contributed by atoms with Crippen LogP contribution < -0.4 is 9.75 Å². The second-order valence-electron chi connectivity index (χ2n) is 6.51. The van der Waals surface area contributed by atoms with Crippen molar-refractivity contribution >= 4 is 17.2 Å². The minimum atomic E-state index is -4.50. The van der Waals surface area contributed by atoms with E-state index in [0.29, 0.717) is 17.2 Å². The molecule has 0 amide bonds. The molecule has 3 rings (SSSR count). The van der Waals surface area contributed by atoms with E-state index in [1.165, 1.54) is 11.9 Å². The highest BCUT2D eigenvalue weighted by atomic mass is 19.4. The maximum Gasteiger partial charge on any atom is 0.431 e. The number of aryl methyl sites for hydroxylation is 1. The van der Waals surface area contributed by atoms with Crippen LogP contribution in [0.15, 0.2) is 53.6 Å². The summed E-state index contributed by atoms with van der Waals surface area (Å²) in [6.45, 7) is 3.29. The van der Waals surface area contributed by atoms with Gasteiger partial charge in [-0.05, 0) is 49.7 Å². The largest absolute Gasteiger partial charge is 0.457 e. The van der Waals surface area contributed by atoms with Gasteiger partial charge in [0.15, 0.2) is 0 Å². The number of nitrogens with zero attached hydrogens (tertiary/aromatic N) is 2. The van der Waals surface area contributed by atoms with E-state index in [1.807, 2.05) is 31.2 Å². The number of benzene rings is 2. The molecule has 0 saturated heterocycles. The van der Waals surface area contributed by atoms with Gasteiger partial charge in [-0.25, -0.2) is 0 Å². The SMILES string of the molecule is CC(=O)CC1CC(C(F)(F)F)=NN1c1ccc(Oc2ccccc2C)cc1. The van der Waals surface area contributed by atoms with E-state index in [2.05, 4.69) is 5.10 Å². The third kappa shape index (κ3) is 4.48. The maximum absolute atomic E-state index is 13.0. The number of anilines is 1. The van der Waals surface area contributed by atoms with E-state index in [9.17, 15) is 18.0 Å². The van der Waals surface area contributed by atoms with Crippen molar-refractivity contribution in [3.8, 4) is 11.5 Å². The van der Waals surface area contributed by atoms with E-state index < -0.39 is 17.9 Å². The van der Waals surface area contributed by atoms with Crippen molar-refractivity contribution in [3.63, 3.8) is 0 Å². The second kappa shape index (κ2) is 7.42. The van der Waals surface area contributed by atoms with Gasteiger partial charge in [0.05, 0.1) is 11.7 Å². The summed E-state index contributed by atoms with van der Waals surface area (Å²) >= 11 is 0. The number of halogens is 3. The molecule has 1 aliphatic rings. The Kier molecular flexibility index (Phi) is 5.21. The second-order valence-corrected chi connectivity index (χ2v) is 6.51. The summed E-state index contributed by atoms with van der Waals surface area (Å²) < 4.78 is 44.9. The average molecular weight is 376 g/mol. The number of para-hydroxylation sites is 1. The Morgan fingerprint density at radius 3 is 2.44 bits per heavy atom. The predicted octanol–water partition coefficient (Wildman–Crippen LogP) is 5.26. The molecule has 1 aliphatic heterocycles. The number of carbonyl (C=O) groups excluding carboxylic acids is 1. The molecule has 1 unspecified atom stereocenters. The molecule has 1 heterocycles. The average Bonchev–Trinajstić information content (AvgIpc) is 3.01. The van der Waals surface area contributed by atoms with E-state index in [-0.39, 0.29) is 18.6 Å². The number of Topliss-reactive ketones (excluding diaryl/α,β-unsaturated/α-hetero) is 1. The lowest BCUT2D eigenvalue weighted by atomic mass is 10.0. The number of hydrazone groups is 1. The zero-order valence-corrected chi connectivity index (χ0v) is 15.0. The van der Waals surface area contributed by atoms with Crippen LogP contribution in [0.5, 0.6) is 11.5 Å². The monoisotopic (exact) mass is 376 g/mol. The smallest absolute Gasteiger partial charge is 0.431 e. The van der Waals surface area contributed by atoms with Crippen molar-refractivity contribution < 1.29 is 22.7 Å². The molecule has 0 saturated carbocycles. The fraction of sp³-hybridized carbons (Fsp3) is 0.300. The lowest BCUT2D eigenvalue weighted by molar-refractivity contribution is -0.117. The zero-order chi connectivity index (χ0) is 19.6. The van der Waals surface area contributed by atoms with Crippen LogP contribution in [-0.2, 0) is 4.79 Å². The van der Waals surface area contributed by atoms with Crippen molar-refractivity contribution in [2.75, 3.05) is 5.01 Å². The summed E-state index contributed by atoms with van der Waals surface area (Å²) in [5.74, 6) is 1.09. The van der Waals surface area contributed by atoms with Gasteiger partial charge in [-0.2, -0.15) is 18.3 Å². The molecule has 0 aromatic heterocycles. The van der Waals surface area contributed by atoms with E-state index in [4.69, 9.17) is 4.74 Å². The van der Waals surface area contributed by atoms with Crippen LogP contribution in [0, 0.1) is 6.92 Å². The Morgan fingerprint density at radius 1 is 1.19 bits per heavy atom. The van der Waals surface area contributed by atoms with Crippen LogP contribution in [-0.4, -0.2) is 23.7 Å². The van der Waals surface area contributed by atoms with E-state index in [0.717, 1.165) is 5.56 Å². The zero-order valence-electron chi connectivity index (χ0n) is 15.0. The van der Waals surface area contributed by atoms with Crippen LogP contribution in [0.3, 0.4) is 0 Å². The van der Waals surface area contributed by atoms with Gasteiger partial charge in [0, 0.05) is 12.8 Å². The summed E-state index contributed by atoms with van der Waals surface area (Å²) in [5, 5.41) is 5.00. The third-order valence-corrected chi connectivity index (χ3v) is 4.28. The predicted molar refractivity (Wildman–Crippen MR) is 97.4 cm³/mol. The Bertz CT molecular complexity index is 860. The van der Waals surface area contributed by atoms with Crippen molar-refractivity contribution in [3.05, 3.63) is 54.1 Å². The Labute approximate surface area is 155 Å². The molecule has 2 aromatic carbocycles. The van der Waals surface area contributed by atoms with Gasteiger partial charge >= 0.3 is 6.18 Å². The third-order valence-electron chi connectivity index (χ3n) is 4.28. The normalized spacial score (nSPS) is 17.0. The Morgan fingerprint density at radius 2 is 1.85 bits per heavy atom. The topological polar surface area (TPSA) is 41.9 Å². The Balaban J connectivity index is 1.82. The lowest BCUT2D eigenvalue weighted by Gasteiger charge is -2.23. The van der Waals surface area contributed by atoms with Gasteiger partial charge in [0.2, 0.25) is 0 Å². The fourth-order valence-corrected chi connectivity index (χ4v) is 2.96. The first-order valence-electron chi connectivity index (χ1n) is 8.51. The number of hydrogen-bond acceptors (Lipinski definition) is 4. The summed E-state index contributed by atoms with van der Waals surface area (Å²) in [6, 6.07) is 13.5. The maximum atomic E-state index is 13.0. The first-order valence-corrected chi connectivity index (χ1v) is 8.51. The molecular formula is C20H19F3N2O2. The highest BCUT2D eigenvalue weighted by Gasteiger charge is 2.43. The highest BCUT2D eigenvalue weighted by molar-refractivity contribution is 5.94. The molecule has 0 bridgehead atoms. The molecule has 27 heavy (non-hydrogen) atoms. The lowest BCUT2D eigenvalue weighted by Crippen LogP contribution is -2.29. The summed E-state index contributed by atoms with van der Waals surface area (Å²) in [4.78, 5) is 11.4. The number of ether oxygens (including phenoxy) is 1.